The molecule has 0 saturated carbocycles. The number of nitrogens with zero attached hydrogens (tertiary/aromatic N) is 2. The van der Waals surface area contributed by atoms with Gasteiger partial charge in [-0.1, -0.05) is 13.3 Å². The molecular formula is C15H27N3O3. The normalized spacial score (nSPS) is 23.1. The van der Waals surface area contributed by atoms with Gasteiger partial charge in [0.2, 0.25) is 0 Å². The van der Waals surface area contributed by atoms with Gasteiger partial charge in [-0.25, -0.2) is 4.79 Å². The molecule has 6 heteroatoms. The molecule has 120 valence electrons. The average molecular weight is 297 g/mol. The van der Waals surface area contributed by atoms with Gasteiger partial charge < -0.3 is 20.6 Å². The van der Waals surface area contributed by atoms with Gasteiger partial charge in [-0.15, -0.1) is 0 Å². The largest absolute Gasteiger partial charge is 0.481 e. The van der Waals surface area contributed by atoms with Crippen LogP contribution in [0.15, 0.2) is 0 Å². The Morgan fingerprint density at radius 2 is 1.67 bits per heavy atom. The van der Waals surface area contributed by atoms with Crippen LogP contribution in [-0.2, 0) is 4.79 Å². The fourth-order valence-electron chi connectivity index (χ4n) is 3.47. The molecule has 0 atom stereocenters. The number of rotatable bonds is 3. The lowest BCUT2D eigenvalue weighted by Crippen LogP contribution is -2.53. The maximum atomic E-state index is 12.5. The van der Waals surface area contributed by atoms with Crippen molar-refractivity contribution in [1.82, 2.24) is 9.80 Å². The first-order valence-corrected chi connectivity index (χ1v) is 8.01. The van der Waals surface area contributed by atoms with Gasteiger partial charge in [0.1, 0.15) is 0 Å². The molecule has 0 aromatic carbocycles. The number of hydrogen-bond donors (Lipinski definition) is 2. The van der Waals surface area contributed by atoms with Gasteiger partial charge in [0, 0.05) is 32.2 Å². The number of carbonyl (C=O) groups is 2. The Balaban J connectivity index is 1.91. The predicted molar refractivity (Wildman–Crippen MR) is 80.0 cm³/mol. The molecule has 2 aliphatic heterocycles. The number of hydrogen-bond acceptors (Lipinski definition) is 3. The quantitative estimate of drug-likeness (QED) is 0.826. The zero-order chi connectivity index (χ0) is 15.5. The second-order valence-corrected chi connectivity index (χ2v) is 6.43. The number of aliphatic carboxylic acids is 1. The maximum absolute atomic E-state index is 12.5. The summed E-state index contributed by atoms with van der Waals surface area (Å²) in [4.78, 5) is 27.7. The molecule has 0 aromatic rings. The van der Waals surface area contributed by atoms with Crippen LogP contribution in [-0.4, -0.2) is 59.1 Å². The summed E-state index contributed by atoms with van der Waals surface area (Å²) < 4.78 is 0. The van der Waals surface area contributed by atoms with Gasteiger partial charge >= 0.3 is 12.0 Å². The van der Waals surface area contributed by atoms with E-state index in [1.54, 1.807) is 0 Å². The zero-order valence-corrected chi connectivity index (χ0v) is 12.9. The first kappa shape index (κ1) is 16.1. The van der Waals surface area contributed by atoms with Crippen molar-refractivity contribution in [1.29, 1.82) is 0 Å². The van der Waals surface area contributed by atoms with E-state index in [1.807, 2.05) is 16.7 Å². The molecule has 6 nitrogen and oxygen atoms in total. The minimum Gasteiger partial charge on any atom is -0.481 e. The second kappa shape index (κ2) is 6.64. The van der Waals surface area contributed by atoms with Crippen LogP contribution in [0.25, 0.3) is 0 Å². The number of piperidine rings is 2. The number of carboxylic acid groups (broad SMARTS) is 1. The lowest BCUT2D eigenvalue weighted by Gasteiger charge is -2.41. The van der Waals surface area contributed by atoms with Crippen molar-refractivity contribution in [3.8, 4) is 0 Å². The third-order valence-corrected chi connectivity index (χ3v) is 4.98. The highest BCUT2D eigenvalue weighted by molar-refractivity contribution is 5.77. The Morgan fingerprint density at radius 1 is 1.14 bits per heavy atom. The molecule has 3 N–H and O–H groups in total. The van der Waals surface area contributed by atoms with Gasteiger partial charge in [-0.3, -0.25) is 4.79 Å². The summed E-state index contributed by atoms with van der Waals surface area (Å²) in [6.45, 7) is 4.55. The lowest BCUT2D eigenvalue weighted by molar-refractivity contribution is -0.152. The van der Waals surface area contributed by atoms with Crippen molar-refractivity contribution in [3.63, 3.8) is 0 Å². The lowest BCUT2D eigenvalue weighted by atomic mass is 9.75. The molecule has 0 aliphatic carbocycles. The summed E-state index contributed by atoms with van der Waals surface area (Å²) in [6.07, 6.45) is 4.40. The number of carbonyl (C=O) groups excluding carboxylic acids is 1. The summed E-state index contributed by atoms with van der Waals surface area (Å²) in [7, 11) is 0. The predicted octanol–water partition coefficient (Wildman–Crippen LogP) is 1.50. The molecule has 0 radical (unpaired) electrons. The Morgan fingerprint density at radius 3 is 2.14 bits per heavy atom. The minimum atomic E-state index is -0.708. The summed E-state index contributed by atoms with van der Waals surface area (Å²) in [5.74, 6) is -0.708. The SMILES string of the molecule is CCCC1(C(=O)O)CCN(C(=O)N2CCC(N)CC2)CC1. The second-order valence-electron chi connectivity index (χ2n) is 6.43. The van der Waals surface area contributed by atoms with Crippen LogP contribution in [0.4, 0.5) is 4.79 Å². The van der Waals surface area contributed by atoms with Crippen molar-refractivity contribution < 1.29 is 14.7 Å². The molecule has 0 aromatic heterocycles. The first-order chi connectivity index (χ1) is 9.98. The molecule has 0 unspecified atom stereocenters. The topological polar surface area (TPSA) is 86.9 Å². The summed E-state index contributed by atoms with van der Waals surface area (Å²) >= 11 is 0. The molecule has 2 rings (SSSR count). The minimum absolute atomic E-state index is 0.0531. The highest BCUT2D eigenvalue weighted by atomic mass is 16.4. The Bertz CT molecular complexity index is 384. The van der Waals surface area contributed by atoms with Crippen molar-refractivity contribution in [3.05, 3.63) is 0 Å². The molecule has 21 heavy (non-hydrogen) atoms. The van der Waals surface area contributed by atoms with Crippen LogP contribution in [0.2, 0.25) is 0 Å². The standard InChI is InChI=1S/C15H27N3O3/c1-2-5-15(13(19)20)6-10-18(11-7-15)14(21)17-8-3-12(16)4-9-17/h12H,2-11,16H2,1H3,(H,19,20). The van der Waals surface area contributed by atoms with Crippen LogP contribution < -0.4 is 5.73 Å². The number of urea groups is 1. The number of carboxylic acids is 1. The van der Waals surface area contributed by atoms with Crippen molar-refractivity contribution in [2.75, 3.05) is 26.2 Å². The van der Waals surface area contributed by atoms with Crippen molar-refractivity contribution >= 4 is 12.0 Å². The van der Waals surface area contributed by atoms with E-state index < -0.39 is 11.4 Å². The van der Waals surface area contributed by atoms with Crippen molar-refractivity contribution in [2.24, 2.45) is 11.1 Å². The van der Waals surface area contributed by atoms with E-state index >= 15 is 0 Å². The number of likely N-dealkylation sites (tertiary alicyclic amines) is 2. The summed E-state index contributed by atoms with van der Waals surface area (Å²) in [6, 6.07) is 0.261. The van der Waals surface area contributed by atoms with E-state index in [1.165, 1.54) is 0 Å². The average Bonchev–Trinajstić information content (AvgIpc) is 2.48. The zero-order valence-electron chi connectivity index (χ0n) is 12.9. The van der Waals surface area contributed by atoms with Crippen LogP contribution in [0.5, 0.6) is 0 Å². The van der Waals surface area contributed by atoms with Crippen LogP contribution in [0.3, 0.4) is 0 Å². The van der Waals surface area contributed by atoms with Crippen LogP contribution in [0, 0.1) is 5.41 Å². The fraction of sp³-hybridized carbons (Fsp3) is 0.867. The monoisotopic (exact) mass is 297 g/mol. The van der Waals surface area contributed by atoms with Crippen LogP contribution in [0.1, 0.15) is 45.4 Å². The number of nitrogens with two attached hydrogens (primary N) is 1. The molecular weight excluding hydrogens is 270 g/mol. The molecule has 2 amide bonds. The summed E-state index contributed by atoms with van der Waals surface area (Å²) in [5, 5.41) is 9.49. The fourth-order valence-corrected chi connectivity index (χ4v) is 3.47. The van der Waals surface area contributed by atoms with Gasteiger partial charge in [0.25, 0.3) is 0 Å². The van der Waals surface area contributed by atoms with E-state index in [4.69, 9.17) is 5.73 Å². The van der Waals surface area contributed by atoms with Gasteiger partial charge in [0.15, 0.2) is 0 Å². The van der Waals surface area contributed by atoms with Gasteiger partial charge in [-0.05, 0) is 32.1 Å². The molecule has 2 fully saturated rings. The smallest absolute Gasteiger partial charge is 0.320 e. The maximum Gasteiger partial charge on any atom is 0.320 e. The van der Waals surface area contributed by atoms with Crippen LogP contribution >= 0.6 is 0 Å². The highest BCUT2D eigenvalue weighted by Crippen LogP contribution is 2.36. The van der Waals surface area contributed by atoms with Gasteiger partial charge in [-0.2, -0.15) is 0 Å². The highest BCUT2D eigenvalue weighted by Gasteiger charge is 2.42. The Hall–Kier alpha value is -1.30. The third-order valence-electron chi connectivity index (χ3n) is 4.98. The molecule has 2 aliphatic rings. The Labute approximate surface area is 126 Å². The molecule has 0 spiro atoms. The molecule has 0 bridgehead atoms. The Kier molecular flexibility index (Phi) is 5.08. The molecule has 2 heterocycles. The van der Waals surface area contributed by atoms with E-state index in [-0.39, 0.29) is 12.1 Å². The van der Waals surface area contributed by atoms with E-state index in [2.05, 4.69) is 0 Å². The first-order valence-electron chi connectivity index (χ1n) is 8.01. The van der Waals surface area contributed by atoms with E-state index in [0.29, 0.717) is 32.4 Å². The number of amides is 2. The van der Waals surface area contributed by atoms with Crippen molar-refractivity contribution in [2.45, 2.75) is 51.5 Å². The molecule has 2 saturated heterocycles. The van der Waals surface area contributed by atoms with E-state index in [0.717, 1.165) is 32.4 Å². The summed E-state index contributed by atoms with van der Waals surface area (Å²) in [5.41, 5.74) is 5.23. The van der Waals surface area contributed by atoms with E-state index in [9.17, 15) is 14.7 Å². The third kappa shape index (κ3) is 3.48. The van der Waals surface area contributed by atoms with Gasteiger partial charge in [0.05, 0.1) is 5.41 Å².